The number of benzene rings is 1. The minimum atomic E-state index is -0.165. The van der Waals surface area contributed by atoms with Crippen molar-refractivity contribution in [3.63, 3.8) is 0 Å². The van der Waals surface area contributed by atoms with Crippen LogP contribution in [-0.2, 0) is 17.8 Å². The Morgan fingerprint density at radius 1 is 1.53 bits per heavy atom. The van der Waals surface area contributed by atoms with Crippen molar-refractivity contribution in [2.75, 3.05) is 5.88 Å². The van der Waals surface area contributed by atoms with Crippen molar-refractivity contribution in [3.8, 4) is 5.75 Å². The van der Waals surface area contributed by atoms with E-state index in [4.69, 9.17) is 16.3 Å². The Kier molecular flexibility index (Phi) is 3.29. The molecule has 1 N–H and O–H groups in total. The van der Waals surface area contributed by atoms with Gasteiger partial charge in [-0.3, -0.25) is 4.79 Å². The number of carbonyl (C=O) groups excluding carboxylic acids is 1. The molecule has 92 valence electrons. The highest BCUT2D eigenvalue weighted by Gasteiger charge is 2.31. The van der Waals surface area contributed by atoms with E-state index in [-0.39, 0.29) is 17.4 Å². The molecule has 0 saturated heterocycles. The Hall–Kier alpha value is -1.22. The second kappa shape index (κ2) is 4.57. The van der Waals surface area contributed by atoms with Crippen LogP contribution >= 0.6 is 11.6 Å². The van der Waals surface area contributed by atoms with E-state index in [0.717, 1.165) is 17.7 Å². The summed E-state index contributed by atoms with van der Waals surface area (Å²) in [4.78, 5) is 11.1. The number of nitrogens with one attached hydrogen (secondary N) is 1. The molecule has 1 aliphatic rings. The summed E-state index contributed by atoms with van der Waals surface area (Å²) in [6, 6.07) is 6.03. The fourth-order valence-electron chi connectivity index (χ4n) is 2.06. The smallest absolute Gasteiger partial charge is 0.235 e. The van der Waals surface area contributed by atoms with Gasteiger partial charge in [0.15, 0.2) is 0 Å². The van der Waals surface area contributed by atoms with Gasteiger partial charge in [-0.2, -0.15) is 0 Å². The third-order valence-electron chi connectivity index (χ3n) is 2.77. The van der Waals surface area contributed by atoms with E-state index in [1.165, 1.54) is 5.56 Å². The molecule has 1 aromatic rings. The van der Waals surface area contributed by atoms with Crippen molar-refractivity contribution >= 4 is 17.5 Å². The topological polar surface area (TPSA) is 38.3 Å². The molecule has 1 amide bonds. The summed E-state index contributed by atoms with van der Waals surface area (Å²) in [6.45, 7) is 4.59. The van der Waals surface area contributed by atoms with Crippen molar-refractivity contribution in [1.29, 1.82) is 0 Å². The zero-order valence-electron chi connectivity index (χ0n) is 10.0. The normalized spacial score (nSPS) is 16.2. The highest BCUT2D eigenvalue weighted by molar-refractivity contribution is 6.27. The quantitative estimate of drug-likeness (QED) is 0.840. The number of amides is 1. The highest BCUT2D eigenvalue weighted by Crippen LogP contribution is 2.37. The van der Waals surface area contributed by atoms with Gasteiger partial charge in [-0.1, -0.05) is 18.2 Å². The van der Waals surface area contributed by atoms with E-state index in [0.29, 0.717) is 6.54 Å². The Morgan fingerprint density at radius 2 is 2.29 bits per heavy atom. The zero-order chi connectivity index (χ0) is 12.5. The summed E-state index contributed by atoms with van der Waals surface area (Å²) in [5.74, 6) is 0.732. The van der Waals surface area contributed by atoms with Gasteiger partial charge in [-0.25, -0.2) is 0 Å². The minimum absolute atomic E-state index is 0.0125. The van der Waals surface area contributed by atoms with Crippen LogP contribution in [0.15, 0.2) is 18.2 Å². The fraction of sp³-hybridized carbons (Fsp3) is 0.462. The van der Waals surface area contributed by atoms with Crippen LogP contribution in [0.1, 0.15) is 25.0 Å². The van der Waals surface area contributed by atoms with E-state index in [9.17, 15) is 4.79 Å². The molecule has 0 radical (unpaired) electrons. The van der Waals surface area contributed by atoms with Crippen molar-refractivity contribution in [2.24, 2.45) is 0 Å². The van der Waals surface area contributed by atoms with Crippen LogP contribution in [0.5, 0.6) is 5.75 Å². The maximum Gasteiger partial charge on any atom is 0.235 e. The lowest BCUT2D eigenvalue weighted by Gasteiger charge is -2.18. The van der Waals surface area contributed by atoms with Gasteiger partial charge in [0.1, 0.15) is 17.2 Å². The molecule has 3 nitrogen and oxygen atoms in total. The standard InChI is InChI=1S/C13H16ClNO2/c1-13(2)6-9-4-3-5-10(12(9)17-13)8-15-11(16)7-14/h3-5H,6-8H2,1-2H3,(H,15,16). The molecule has 1 aliphatic heterocycles. The van der Waals surface area contributed by atoms with Crippen LogP contribution in [0.3, 0.4) is 0 Å². The fourth-order valence-corrected chi connectivity index (χ4v) is 2.15. The van der Waals surface area contributed by atoms with Crippen LogP contribution in [0.2, 0.25) is 0 Å². The zero-order valence-corrected chi connectivity index (χ0v) is 10.8. The van der Waals surface area contributed by atoms with Crippen molar-refractivity contribution < 1.29 is 9.53 Å². The maximum atomic E-state index is 11.1. The van der Waals surface area contributed by atoms with Crippen molar-refractivity contribution in [1.82, 2.24) is 5.32 Å². The van der Waals surface area contributed by atoms with E-state index < -0.39 is 0 Å². The third kappa shape index (κ3) is 2.72. The van der Waals surface area contributed by atoms with Gasteiger partial charge >= 0.3 is 0 Å². The average molecular weight is 254 g/mol. The van der Waals surface area contributed by atoms with E-state index in [1.807, 2.05) is 12.1 Å². The molecule has 0 aromatic heterocycles. The first-order valence-corrected chi connectivity index (χ1v) is 6.18. The number of ether oxygens (including phenoxy) is 1. The van der Waals surface area contributed by atoms with Gasteiger partial charge in [0, 0.05) is 18.5 Å². The summed E-state index contributed by atoms with van der Waals surface area (Å²) in [5, 5.41) is 2.75. The maximum absolute atomic E-state index is 11.1. The molecular formula is C13H16ClNO2. The number of alkyl halides is 1. The predicted molar refractivity (Wildman–Crippen MR) is 67.4 cm³/mol. The van der Waals surface area contributed by atoms with Gasteiger partial charge < -0.3 is 10.1 Å². The largest absolute Gasteiger partial charge is 0.487 e. The number of halogens is 1. The van der Waals surface area contributed by atoms with Crippen LogP contribution in [0.4, 0.5) is 0 Å². The van der Waals surface area contributed by atoms with Crippen LogP contribution in [0.25, 0.3) is 0 Å². The lowest BCUT2D eigenvalue weighted by Crippen LogP contribution is -2.26. The second-order valence-electron chi connectivity index (χ2n) is 4.85. The molecule has 2 rings (SSSR count). The number of para-hydroxylation sites is 1. The average Bonchev–Trinajstić information content (AvgIpc) is 2.60. The lowest BCUT2D eigenvalue weighted by atomic mass is 10.0. The van der Waals surface area contributed by atoms with E-state index in [2.05, 4.69) is 25.2 Å². The third-order valence-corrected chi connectivity index (χ3v) is 3.01. The second-order valence-corrected chi connectivity index (χ2v) is 5.12. The van der Waals surface area contributed by atoms with Gasteiger partial charge in [-0.05, 0) is 19.4 Å². The molecule has 1 heterocycles. The number of hydrogen-bond donors (Lipinski definition) is 1. The number of hydrogen-bond acceptors (Lipinski definition) is 2. The monoisotopic (exact) mass is 253 g/mol. The Bertz CT molecular complexity index is 443. The van der Waals surface area contributed by atoms with Crippen molar-refractivity contribution in [3.05, 3.63) is 29.3 Å². The summed E-state index contributed by atoms with van der Waals surface area (Å²) >= 11 is 5.44. The van der Waals surface area contributed by atoms with E-state index >= 15 is 0 Å². The predicted octanol–water partition coefficient (Wildman–Crippen LogP) is 2.26. The number of rotatable bonds is 3. The highest BCUT2D eigenvalue weighted by atomic mass is 35.5. The molecule has 4 heteroatoms. The Balaban J connectivity index is 2.16. The molecule has 0 spiro atoms. The summed E-state index contributed by atoms with van der Waals surface area (Å²) in [6.07, 6.45) is 0.902. The van der Waals surface area contributed by atoms with Gasteiger partial charge in [0.05, 0.1) is 0 Å². The first-order chi connectivity index (χ1) is 8.02. The molecule has 1 aromatic carbocycles. The first-order valence-electron chi connectivity index (χ1n) is 5.64. The van der Waals surface area contributed by atoms with Gasteiger partial charge in [0.25, 0.3) is 0 Å². The summed E-state index contributed by atoms with van der Waals surface area (Å²) < 4.78 is 5.91. The summed E-state index contributed by atoms with van der Waals surface area (Å²) in [5.41, 5.74) is 2.05. The Morgan fingerprint density at radius 3 is 3.00 bits per heavy atom. The SMILES string of the molecule is CC1(C)Cc2cccc(CNC(=O)CCl)c2O1. The Labute approximate surface area is 106 Å². The molecule has 0 saturated carbocycles. The number of carbonyl (C=O) groups is 1. The van der Waals surface area contributed by atoms with Gasteiger partial charge in [-0.15, -0.1) is 11.6 Å². The molecule has 0 fully saturated rings. The minimum Gasteiger partial charge on any atom is -0.487 e. The van der Waals surface area contributed by atoms with Crippen molar-refractivity contribution in [2.45, 2.75) is 32.4 Å². The van der Waals surface area contributed by atoms with Gasteiger partial charge in [0.2, 0.25) is 5.91 Å². The molecule has 0 aliphatic carbocycles. The number of fused-ring (bicyclic) bond motifs is 1. The molecule has 0 atom stereocenters. The molecule has 0 unspecified atom stereocenters. The lowest BCUT2D eigenvalue weighted by molar-refractivity contribution is -0.118. The molecule has 0 bridgehead atoms. The van der Waals surface area contributed by atoms with E-state index in [1.54, 1.807) is 0 Å². The first kappa shape index (κ1) is 12.2. The van der Waals surface area contributed by atoms with Crippen LogP contribution in [0, 0.1) is 0 Å². The van der Waals surface area contributed by atoms with Crippen LogP contribution < -0.4 is 10.1 Å². The molecule has 17 heavy (non-hydrogen) atoms. The van der Waals surface area contributed by atoms with Crippen LogP contribution in [-0.4, -0.2) is 17.4 Å². The molecular weight excluding hydrogens is 238 g/mol. The summed E-state index contributed by atoms with van der Waals surface area (Å²) in [7, 11) is 0.